The number of carbonyl (C=O) groups excluding carboxylic acids is 4. The monoisotopic (exact) mass is 331 g/mol. The lowest BCUT2D eigenvalue weighted by molar-refractivity contribution is -0.127. The van der Waals surface area contributed by atoms with E-state index in [4.69, 9.17) is 4.74 Å². The Morgan fingerprint density at radius 1 is 1.21 bits per heavy atom. The van der Waals surface area contributed by atoms with E-state index in [-0.39, 0.29) is 30.4 Å². The highest BCUT2D eigenvalue weighted by molar-refractivity contribution is 5.99. The molecule has 1 N–H and O–H groups in total. The predicted molar refractivity (Wildman–Crippen MR) is 83.2 cm³/mol. The first-order valence-corrected chi connectivity index (χ1v) is 7.61. The summed E-state index contributed by atoms with van der Waals surface area (Å²) in [4.78, 5) is 49.5. The number of amides is 4. The van der Waals surface area contributed by atoms with E-state index in [1.807, 2.05) is 0 Å². The molecule has 1 atom stereocenters. The summed E-state index contributed by atoms with van der Waals surface area (Å²) in [7, 11) is 0. The molecule has 8 nitrogen and oxygen atoms in total. The normalized spacial score (nSPS) is 20.3. The zero-order valence-corrected chi connectivity index (χ0v) is 13.2. The van der Waals surface area contributed by atoms with Gasteiger partial charge in [0.1, 0.15) is 0 Å². The van der Waals surface area contributed by atoms with E-state index in [2.05, 4.69) is 5.32 Å². The van der Waals surface area contributed by atoms with Gasteiger partial charge in [0.15, 0.2) is 6.61 Å². The Kier molecular flexibility index (Phi) is 4.20. The van der Waals surface area contributed by atoms with Crippen LogP contribution in [0.2, 0.25) is 0 Å². The van der Waals surface area contributed by atoms with Crippen molar-refractivity contribution in [1.82, 2.24) is 9.80 Å². The zero-order chi connectivity index (χ0) is 17.3. The number of hydrogen-bond acceptors (Lipinski definition) is 5. The lowest BCUT2D eigenvalue weighted by Crippen LogP contribution is -2.42. The van der Waals surface area contributed by atoms with Crippen molar-refractivity contribution in [1.29, 1.82) is 0 Å². The van der Waals surface area contributed by atoms with Crippen molar-refractivity contribution in [3.8, 4) is 0 Å². The Labute approximate surface area is 138 Å². The maximum absolute atomic E-state index is 12.5. The second kappa shape index (κ2) is 6.31. The van der Waals surface area contributed by atoms with Gasteiger partial charge in [-0.05, 0) is 30.7 Å². The van der Waals surface area contributed by atoms with Crippen LogP contribution in [-0.4, -0.2) is 59.4 Å². The summed E-state index contributed by atoms with van der Waals surface area (Å²) in [5.74, 6) is -0.718. The van der Waals surface area contributed by atoms with Gasteiger partial charge < -0.3 is 15.0 Å². The van der Waals surface area contributed by atoms with Crippen molar-refractivity contribution in [3.05, 3.63) is 29.8 Å². The fourth-order valence-corrected chi connectivity index (χ4v) is 2.94. The molecule has 1 aromatic rings. The average molecular weight is 331 g/mol. The Morgan fingerprint density at radius 2 is 1.92 bits per heavy atom. The Balaban J connectivity index is 1.65. The van der Waals surface area contributed by atoms with Crippen LogP contribution in [0.3, 0.4) is 0 Å². The number of hydrogen-bond donors (Lipinski definition) is 1. The number of cyclic esters (lactones) is 1. The van der Waals surface area contributed by atoms with Crippen LogP contribution in [0.1, 0.15) is 23.7 Å². The molecule has 8 heteroatoms. The van der Waals surface area contributed by atoms with Crippen LogP contribution in [-0.2, 0) is 14.3 Å². The largest absolute Gasteiger partial charge is 0.439 e. The van der Waals surface area contributed by atoms with Crippen molar-refractivity contribution >= 4 is 29.5 Å². The van der Waals surface area contributed by atoms with Gasteiger partial charge in [-0.15, -0.1) is 0 Å². The van der Waals surface area contributed by atoms with Gasteiger partial charge in [-0.2, -0.15) is 0 Å². The third kappa shape index (κ3) is 3.08. The fourth-order valence-electron chi connectivity index (χ4n) is 2.94. The topological polar surface area (TPSA) is 96.0 Å². The van der Waals surface area contributed by atoms with Gasteiger partial charge in [-0.3, -0.25) is 14.4 Å². The molecule has 1 aromatic carbocycles. The van der Waals surface area contributed by atoms with Gasteiger partial charge in [0.2, 0.25) is 5.91 Å². The van der Waals surface area contributed by atoms with Crippen molar-refractivity contribution in [2.24, 2.45) is 0 Å². The molecule has 1 unspecified atom stereocenters. The number of imide groups is 1. The first kappa shape index (κ1) is 16.0. The molecule has 2 aliphatic rings. The van der Waals surface area contributed by atoms with Crippen molar-refractivity contribution < 1.29 is 23.9 Å². The Bertz CT molecular complexity index is 684. The van der Waals surface area contributed by atoms with Crippen LogP contribution in [0.5, 0.6) is 0 Å². The highest BCUT2D eigenvalue weighted by atomic mass is 16.6. The second-order valence-corrected chi connectivity index (χ2v) is 5.77. The van der Waals surface area contributed by atoms with Crippen LogP contribution in [0.15, 0.2) is 24.3 Å². The summed E-state index contributed by atoms with van der Waals surface area (Å²) in [6.07, 6.45) is -0.102. The zero-order valence-electron chi connectivity index (χ0n) is 13.2. The smallest absolute Gasteiger partial charge is 0.417 e. The van der Waals surface area contributed by atoms with Crippen molar-refractivity contribution in [2.75, 3.05) is 25.0 Å². The van der Waals surface area contributed by atoms with E-state index in [1.54, 1.807) is 29.2 Å². The number of ether oxygens (including phenoxy) is 1. The van der Waals surface area contributed by atoms with Gasteiger partial charge >= 0.3 is 6.09 Å². The van der Waals surface area contributed by atoms with Crippen LogP contribution < -0.4 is 5.32 Å². The minimum Gasteiger partial charge on any atom is -0.439 e. The maximum Gasteiger partial charge on any atom is 0.417 e. The van der Waals surface area contributed by atoms with Gasteiger partial charge in [0, 0.05) is 31.3 Å². The minimum absolute atomic E-state index is 0.174. The number of nitrogens with one attached hydrogen (secondary N) is 1. The molecule has 2 fully saturated rings. The molecule has 2 saturated heterocycles. The SMILES string of the molecule is CC(=O)Nc1ccc(C(=O)N2CCC(N3C(=O)COC3=O)C2)cc1. The number of anilines is 1. The third-order valence-electron chi connectivity index (χ3n) is 4.05. The van der Waals surface area contributed by atoms with E-state index in [0.717, 1.165) is 4.90 Å². The molecule has 2 heterocycles. The third-order valence-corrected chi connectivity index (χ3v) is 4.05. The summed E-state index contributed by atoms with van der Waals surface area (Å²) in [5, 5.41) is 2.63. The van der Waals surface area contributed by atoms with E-state index in [9.17, 15) is 19.2 Å². The van der Waals surface area contributed by atoms with Gasteiger partial charge in [-0.25, -0.2) is 9.69 Å². The first-order valence-electron chi connectivity index (χ1n) is 7.61. The predicted octanol–water partition coefficient (Wildman–Crippen LogP) is 0.838. The van der Waals surface area contributed by atoms with Crippen LogP contribution in [0.4, 0.5) is 10.5 Å². The molecule has 0 radical (unpaired) electrons. The highest BCUT2D eigenvalue weighted by Crippen LogP contribution is 2.22. The van der Waals surface area contributed by atoms with E-state index in [1.165, 1.54) is 6.92 Å². The number of likely N-dealkylation sites (tertiary alicyclic amines) is 1. The molecular formula is C16H17N3O5. The Morgan fingerprint density at radius 3 is 2.50 bits per heavy atom. The quantitative estimate of drug-likeness (QED) is 0.885. The van der Waals surface area contributed by atoms with Gasteiger partial charge in [-0.1, -0.05) is 0 Å². The number of carbonyl (C=O) groups is 4. The van der Waals surface area contributed by atoms with E-state index in [0.29, 0.717) is 30.8 Å². The molecule has 0 spiro atoms. The van der Waals surface area contributed by atoms with Gasteiger partial charge in [0.05, 0.1) is 6.04 Å². The number of nitrogens with zero attached hydrogens (tertiary/aromatic N) is 2. The fraction of sp³-hybridized carbons (Fsp3) is 0.375. The molecule has 126 valence electrons. The maximum atomic E-state index is 12.5. The highest BCUT2D eigenvalue weighted by Gasteiger charge is 2.41. The molecule has 0 bridgehead atoms. The van der Waals surface area contributed by atoms with E-state index < -0.39 is 6.09 Å². The van der Waals surface area contributed by atoms with Crippen molar-refractivity contribution in [2.45, 2.75) is 19.4 Å². The Hall–Kier alpha value is -2.90. The molecular weight excluding hydrogens is 314 g/mol. The first-order chi connectivity index (χ1) is 11.5. The summed E-state index contributed by atoms with van der Waals surface area (Å²) in [6, 6.07) is 6.24. The molecule has 4 amide bonds. The van der Waals surface area contributed by atoms with Crippen LogP contribution in [0, 0.1) is 0 Å². The summed E-state index contributed by atoms with van der Waals surface area (Å²) < 4.78 is 4.71. The molecule has 2 aliphatic heterocycles. The van der Waals surface area contributed by atoms with E-state index >= 15 is 0 Å². The summed E-state index contributed by atoms with van der Waals surface area (Å²) in [5.41, 5.74) is 1.10. The lowest BCUT2D eigenvalue weighted by Gasteiger charge is -2.20. The van der Waals surface area contributed by atoms with Crippen molar-refractivity contribution in [3.63, 3.8) is 0 Å². The standard InChI is InChI=1S/C16H17N3O5/c1-10(20)17-12-4-2-11(3-5-12)15(22)18-7-6-13(8-18)19-14(21)9-24-16(19)23/h2-5,13H,6-9H2,1H3,(H,17,20). The molecule has 0 saturated carbocycles. The average Bonchev–Trinajstić information content (AvgIpc) is 3.13. The molecule has 24 heavy (non-hydrogen) atoms. The number of benzene rings is 1. The van der Waals surface area contributed by atoms with Gasteiger partial charge in [0.25, 0.3) is 11.8 Å². The number of rotatable bonds is 3. The summed E-state index contributed by atoms with van der Waals surface area (Å²) in [6.45, 7) is 1.95. The molecule has 0 aliphatic carbocycles. The summed E-state index contributed by atoms with van der Waals surface area (Å²) >= 11 is 0. The second-order valence-electron chi connectivity index (χ2n) is 5.77. The molecule has 0 aromatic heterocycles. The van der Waals surface area contributed by atoms with Crippen LogP contribution >= 0.6 is 0 Å². The lowest BCUT2D eigenvalue weighted by atomic mass is 10.2. The minimum atomic E-state index is -0.640. The molecule has 3 rings (SSSR count). The van der Waals surface area contributed by atoms with Crippen LogP contribution in [0.25, 0.3) is 0 Å².